The summed E-state index contributed by atoms with van der Waals surface area (Å²) in [5.41, 5.74) is 11.1. The van der Waals surface area contributed by atoms with Crippen molar-refractivity contribution in [2.75, 3.05) is 14.2 Å². The van der Waals surface area contributed by atoms with Gasteiger partial charge in [0.2, 0.25) is 0 Å². The second-order valence-corrected chi connectivity index (χ2v) is 12.3. The van der Waals surface area contributed by atoms with Gasteiger partial charge in [-0.25, -0.2) is 9.97 Å². The lowest BCUT2D eigenvalue weighted by atomic mass is 10.0. The third kappa shape index (κ3) is 5.51. The van der Waals surface area contributed by atoms with Crippen LogP contribution in [0.5, 0.6) is 11.5 Å². The summed E-state index contributed by atoms with van der Waals surface area (Å²) in [5.74, 6) is 3.16. The van der Waals surface area contributed by atoms with Gasteiger partial charge in [0.15, 0.2) is 0 Å². The van der Waals surface area contributed by atoms with Gasteiger partial charge in [0, 0.05) is 44.2 Å². The minimum atomic E-state index is 0.781. The van der Waals surface area contributed by atoms with E-state index in [1.165, 1.54) is 0 Å². The quantitative estimate of drug-likeness (QED) is 0.169. The molecule has 3 heterocycles. The largest absolute Gasteiger partial charge is 0.497 e. The van der Waals surface area contributed by atoms with Crippen LogP contribution in [0.15, 0.2) is 150 Å². The van der Waals surface area contributed by atoms with E-state index < -0.39 is 0 Å². The maximum absolute atomic E-state index is 6.60. The number of H-pyrrole nitrogens is 2. The SMILES string of the molecule is COc1ccc(-c2nc(-c3ccc4c(c3)oc3cc(-c5nc(-c6ccc(OC)cc6)[nH]c5-c5ccccc5)ccc34)c(-c3ccccc3)[nH]2)cc1. The lowest BCUT2D eigenvalue weighted by molar-refractivity contribution is 0.415. The lowest BCUT2D eigenvalue weighted by Crippen LogP contribution is -1.84. The van der Waals surface area contributed by atoms with E-state index in [0.717, 1.165) is 101 Å². The zero-order valence-electron chi connectivity index (χ0n) is 28.0. The number of ether oxygens (including phenoxy) is 2. The van der Waals surface area contributed by atoms with E-state index in [-0.39, 0.29) is 0 Å². The number of nitrogens with zero attached hydrogens (tertiary/aromatic N) is 2. The van der Waals surface area contributed by atoms with E-state index in [1.807, 2.05) is 84.9 Å². The Balaban J connectivity index is 1.14. The molecule has 2 N–H and O–H groups in total. The topological polar surface area (TPSA) is 89.0 Å². The Hall–Kier alpha value is -6.86. The Labute approximate surface area is 294 Å². The Morgan fingerprint density at radius 3 is 1.22 bits per heavy atom. The molecule has 0 saturated carbocycles. The molecule has 7 nitrogen and oxygen atoms in total. The summed E-state index contributed by atoms with van der Waals surface area (Å²) in [5, 5.41) is 2.08. The fraction of sp³-hybridized carbons (Fsp3) is 0.0455. The first-order valence-corrected chi connectivity index (χ1v) is 16.7. The van der Waals surface area contributed by atoms with Gasteiger partial charge in [0.1, 0.15) is 34.3 Å². The van der Waals surface area contributed by atoms with Gasteiger partial charge < -0.3 is 23.9 Å². The number of aromatic amines is 2. The van der Waals surface area contributed by atoms with Crippen molar-refractivity contribution in [1.82, 2.24) is 19.9 Å². The van der Waals surface area contributed by atoms with Crippen molar-refractivity contribution in [3.8, 4) is 79.3 Å². The monoisotopic (exact) mass is 664 g/mol. The molecule has 0 aliphatic carbocycles. The summed E-state index contributed by atoms with van der Waals surface area (Å²) in [6.45, 7) is 0. The van der Waals surface area contributed by atoms with E-state index in [1.54, 1.807) is 14.2 Å². The molecular formula is C44H32N4O3. The predicted molar refractivity (Wildman–Crippen MR) is 204 cm³/mol. The van der Waals surface area contributed by atoms with Gasteiger partial charge in [0.05, 0.1) is 37.0 Å². The summed E-state index contributed by atoms with van der Waals surface area (Å²) in [6, 6.07) is 49.0. The summed E-state index contributed by atoms with van der Waals surface area (Å²) >= 11 is 0. The van der Waals surface area contributed by atoms with Crippen molar-refractivity contribution in [2.24, 2.45) is 0 Å². The van der Waals surface area contributed by atoms with Gasteiger partial charge in [-0.1, -0.05) is 72.8 Å². The number of furan rings is 1. The molecule has 6 aromatic carbocycles. The van der Waals surface area contributed by atoms with E-state index >= 15 is 0 Å². The molecule has 9 aromatic rings. The van der Waals surface area contributed by atoms with Gasteiger partial charge in [0.25, 0.3) is 0 Å². The molecule has 0 bridgehead atoms. The van der Waals surface area contributed by atoms with E-state index in [9.17, 15) is 0 Å². The van der Waals surface area contributed by atoms with Crippen molar-refractivity contribution in [1.29, 1.82) is 0 Å². The van der Waals surface area contributed by atoms with Gasteiger partial charge in [-0.3, -0.25) is 0 Å². The highest BCUT2D eigenvalue weighted by Crippen LogP contribution is 2.40. The molecule has 246 valence electrons. The molecule has 0 radical (unpaired) electrons. The normalized spacial score (nSPS) is 11.3. The zero-order valence-corrected chi connectivity index (χ0v) is 28.0. The van der Waals surface area contributed by atoms with Crippen molar-refractivity contribution in [3.05, 3.63) is 146 Å². The van der Waals surface area contributed by atoms with Crippen molar-refractivity contribution < 1.29 is 13.9 Å². The highest BCUT2D eigenvalue weighted by atomic mass is 16.5. The summed E-state index contributed by atoms with van der Waals surface area (Å²) in [4.78, 5) is 17.4. The van der Waals surface area contributed by atoms with Crippen LogP contribution in [0.1, 0.15) is 0 Å². The first-order chi connectivity index (χ1) is 25.1. The van der Waals surface area contributed by atoms with Crippen LogP contribution >= 0.6 is 0 Å². The fourth-order valence-electron chi connectivity index (χ4n) is 6.63. The first-order valence-electron chi connectivity index (χ1n) is 16.7. The minimum absolute atomic E-state index is 0.781. The molecule has 0 aliphatic rings. The number of nitrogens with one attached hydrogen (secondary N) is 2. The average molecular weight is 665 g/mol. The second-order valence-electron chi connectivity index (χ2n) is 12.3. The molecule has 9 rings (SSSR count). The number of rotatable bonds is 8. The third-order valence-corrected chi connectivity index (χ3v) is 9.28. The number of fused-ring (bicyclic) bond motifs is 3. The lowest BCUT2D eigenvalue weighted by Gasteiger charge is -2.03. The summed E-state index contributed by atoms with van der Waals surface area (Å²) in [6.07, 6.45) is 0. The highest BCUT2D eigenvalue weighted by Gasteiger charge is 2.20. The molecule has 0 spiro atoms. The average Bonchev–Trinajstić information content (AvgIpc) is 3.94. The van der Waals surface area contributed by atoms with Crippen LogP contribution in [0.3, 0.4) is 0 Å². The van der Waals surface area contributed by atoms with Gasteiger partial charge in [-0.2, -0.15) is 0 Å². The van der Waals surface area contributed by atoms with Crippen LogP contribution in [-0.2, 0) is 0 Å². The van der Waals surface area contributed by atoms with Crippen LogP contribution in [0.25, 0.3) is 89.7 Å². The van der Waals surface area contributed by atoms with Crippen LogP contribution in [0.4, 0.5) is 0 Å². The molecule has 7 heteroatoms. The van der Waals surface area contributed by atoms with Crippen molar-refractivity contribution in [2.45, 2.75) is 0 Å². The third-order valence-electron chi connectivity index (χ3n) is 9.28. The number of imidazole rings is 2. The van der Waals surface area contributed by atoms with E-state index in [4.69, 9.17) is 23.9 Å². The Bertz CT molecular complexity index is 2450. The van der Waals surface area contributed by atoms with E-state index in [2.05, 4.69) is 70.6 Å². The number of hydrogen-bond acceptors (Lipinski definition) is 5. The Morgan fingerprint density at radius 1 is 0.431 bits per heavy atom. The van der Waals surface area contributed by atoms with E-state index in [0.29, 0.717) is 0 Å². The number of hydrogen-bond donors (Lipinski definition) is 2. The number of benzene rings is 6. The predicted octanol–water partition coefficient (Wildman–Crippen LogP) is 11.1. The summed E-state index contributed by atoms with van der Waals surface area (Å²) in [7, 11) is 3.34. The first kappa shape index (κ1) is 30.2. The molecule has 0 fully saturated rings. The molecule has 0 saturated heterocycles. The zero-order chi connectivity index (χ0) is 34.3. The fourth-order valence-corrected chi connectivity index (χ4v) is 6.63. The standard InChI is InChI=1S/C44H32N4O3/c1-49-33-19-13-29(14-20-33)43-45-39(27-9-5-3-6-10-27)41(47-43)31-17-23-35-36-24-18-32(26-38(36)51-37(35)25-31)42-40(28-11-7-4-8-12-28)46-44(48-42)30-15-21-34(50-2)22-16-30/h3-26H,1-2H3,(H,45,47)(H,46,48). The molecule has 0 aliphatic heterocycles. The van der Waals surface area contributed by atoms with Crippen LogP contribution in [0, 0.1) is 0 Å². The van der Waals surface area contributed by atoms with Crippen LogP contribution in [0.2, 0.25) is 0 Å². The molecule has 51 heavy (non-hydrogen) atoms. The van der Waals surface area contributed by atoms with Gasteiger partial charge in [-0.05, 0) is 72.8 Å². The number of aromatic nitrogens is 4. The van der Waals surface area contributed by atoms with Crippen LogP contribution in [-0.4, -0.2) is 34.2 Å². The molecular weight excluding hydrogens is 633 g/mol. The molecule has 3 aromatic heterocycles. The minimum Gasteiger partial charge on any atom is -0.497 e. The van der Waals surface area contributed by atoms with Gasteiger partial charge >= 0.3 is 0 Å². The molecule has 0 atom stereocenters. The van der Waals surface area contributed by atoms with Crippen LogP contribution < -0.4 is 9.47 Å². The summed E-state index contributed by atoms with van der Waals surface area (Å²) < 4.78 is 17.3. The highest BCUT2D eigenvalue weighted by molar-refractivity contribution is 6.07. The number of methoxy groups -OCH3 is 2. The maximum atomic E-state index is 6.60. The maximum Gasteiger partial charge on any atom is 0.138 e. The Morgan fingerprint density at radius 2 is 0.824 bits per heavy atom. The van der Waals surface area contributed by atoms with Gasteiger partial charge in [-0.15, -0.1) is 0 Å². The molecule has 0 unspecified atom stereocenters. The Kier molecular flexibility index (Phi) is 7.43. The van der Waals surface area contributed by atoms with Crippen molar-refractivity contribution in [3.63, 3.8) is 0 Å². The molecule has 0 amide bonds. The van der Waals surface area contributed by atoms with Crippen molar-refractivity contribution >= 4 is 21.9 Å². The smallest absolute Gasteiger partial charge is 0.138 e. The second kappa shape index (κ2) is 12.5.